The molecule has 0 saturated heterocycles. The van der Waals surface area contributed by atoms with Crippen molar-refractivity contribution in [3.63, 3.8) is 0 Å². The zero-order valence-electron chi connectivity index (χ0n) is 44.0. The Morgan fingerprint density at radius 3 is 0.806 bits per heavy atom. The van der Waals surface area contributed by atoms with Crippen LogP contribution in [0.4, 0.5) is 17.1 Å². The first-order chi connectivity index (χ1) is 34.4. The molecule has 0 fully saturated rings. The third kappa shape index (κ3) is 20.1. The summed E-state index contributed by atoms with van der Waals surface area (Å²) < 4.78 is 20.8. The van der Waals surface area contributed by atoms with Crippen LogP contribution in [0.15, 0.2) is 72.8 Å². The Morgan fingerprint density at radius 2 is 0.597 bits per heavy atom. The van der Waals surface area contributed by atoms with Gasteiger partial charge in [-0.05, 0) is 91.2 Å². The first-order valence-corrected chi connectivity index (χ1v) is 25.8. The standard InChI is InChI=1S/C60H75N3O9/c1-43(2)13-10-16-46(7)37-40-70-58-55(34-25-49-19-28-52(29-20-49)61(64)65)59(71-41-38-47(8)17-11-14-44(3)4)57(36-27-51-23-32-54(33-24-51)63(68)69)60(72-42-39-48(9)18-12-15-45(5)6)56(58)35-26-50-21-30-53(31-22-50)62(66)67/h19-24,28-33,43-48H,10-18,37-42H2,1-9H3/t46-,47-,48-/m0/s1. The van der Waals surface area contributed by atoms with Crippen LogP contribution in [0.25, 0.3) is 0 Å². The summed E-state index contributed by atoms with van der Waals surface area (Å²) in [6.45, 7) is 21.0. The van der Waals surface area contributed by atoms with E-state index in [9.17, 15) is 30.3 Å². The predicted octanol–water partition coefficient (Wildman–Crippen LogP) is 15.3. The topological polar surface area (TPSA) is 157 Å². The van der Waals surface area contributed by atoms with Crippen molar-refractivity contribution in [2.24, 2.45) is 35.5 Å². The summed E-state index contributed by atoms with van der Waals surface area (Å²) in [6, 6.07) is 18.0. The van der Waals surface area contributed by atoms with Crippen molar-refractivity contribution < 1.29 is 29.0 Å². The van der Waals surface area contributed by atoms with Crippen LogP contribution in [0.1, 0.15) is 173 Å². The van der Waals surface area contributed by atoms with Gasteiger partial charge < -0.3 is 14.2 Å². The van der Waals surface area contributed by atoms with E-state index in [-0.39, 0.29) is 17.1 Å². The van der Waals surface area contributed by atoms with Crippen LogP contribution in [0.2, 0.25) is 0 Å². The van der Waals surface area contributed by atoms with Crippen LogP contribution in [0.3, 0.4) is 0 Å². The van der Waals surface area contributed by atoms with Gasteiger partial charge in [0.15, 0.2) is 17.2 Å². The maximum atomic E-state index is 11.6. The lowest BCUT2D eigenvalue weighted by Crippen LogP contribution is -2.13. The average Bonchev–Trinajstić information content (AvgIpc) is 3.33. The SMILES string of the molecule is CC(C)CCC[C@H](C)CCOc1c(C#Cc2ccc([N+](=O)[O-])cc2)c(OCC[C@@H](C)CCCC(C)C)c(C#Cc2ccc([N+](=O)[O-])cc2)c(OCC[C@@H](C)CCCC(C)C)c1C#Cc1ccc([N+](=O)[O-])cc1. The largest absolute Gasteiger partial charge is 0.491 e. The van der Waals surface area contributed by atoms with Crippen molar-refractivity contribution >= 4 is 17.1 Å². The van der Waals surface area contributed by atoms with E-state index in [4.69, 9.17) is 14.2 Å². The minimum Gasteiger partial charge on any atom is -0.491 e. The van der Waals surface area contributed by atoms with E-state index in [1.165, 1.54) is 36.4 Å². The van der Waals surface area contributed by atoms with Gasteiger partial charge in [0.1, 0.15) is 16.7 Å². The molecular formula is C60H75N3O9. The maximum Gasteiger partial charge on any atom is 0.269 e. The Bertz CT molecular complexity index is 2260. The highest BCUT2D eigenvalue weighted by molar-refractivity contribution is 5.76. The molecule has 4 rings (SSSR count). The van der Waals surface area contributed by atoms with Crippen molar-refractivity contribution in [3.8, 4) is 52.8 Å². The fraction of sp³-hybridized carbons (Fsp3) is 0.500. The smallest absolute Gasteiger partial charge is 0.269 e. The number of nitro benzene ring substituents is 3. The first-order valence-electron chi connectivity index (χ1n) is 25.8. The highest BCUT2D eigenvalue weighted by Crippen LogP contribution is 2.44. The summed E-state index contributed by atoms with van der Waals surface area (Å²) >= 11 is 0. The molecule has 3 atom stereocenters. The quantitative estimate of drug-likeness (QED) is 0.0322. The molecule has 0 spiro atoms. The molecule has 0 saturated carbocycles. The van der Waals surface area contributed by atoms with Gasteiger partial charge in [-0.15, -0.1) is 0 Å². The minimum absolute atomic E-state index is 0.0676. The maximum absolute atomic E-state index is 11.6. The van der Waals surface area contributed by atoms with E-state index < -0.39 is 14.8 Å². The van der Waals surface area contributed by atoms with E-state index in [0.717, 1.165) is 77.0 Å². The number of nitro groups is 3. The van der Waals surface area contributed by atoms with E-state index in [1.54, 1.807) is 36.4 Å². The number of ether oxygens (including phenoxy) is 3. The second-order valence-electron chi connectivity index (χ2n) is 20.5. The van der Waals surface area contributed by atoms with Gasteiger partial charge in [0.25, 0.3) is 17.1 Å². The zero-order chi connectivity index (χ0) is 52.6. The van der Waals surface area contributed by atoms with Crippen molar-refractivity contribution in [1.82, 2.24) is 0 Å². The Morgan fingerprint density at radius 1 is 0.361 bits per heavy atom. The van der Waals surface area contributed by atoms with E-state index in [0.29, 0.717) is 106 Å². The summed E-state index contributed by atoms with van der Waals surface area (Å²) in [4.78, 5) is 33.4. The molecule has 0 amide bonds. The van der Waals surface area contributed by atoms with Crippen molar-refractivity contribution in [1.29, 1.82) is 0 Å². The Labute approximate surface area is 428 Å². The van der Waals surface area contributed by atoms with Crippen LogP contribution in [0, 0.1) is 101 Å². The molecule has 0 N–H and O–H groups in total. The lowest BCUT2D eigenvalue weighted by atomic mass is 9.96. The molecule has 4 aromatic carbocycles. The molecule has 0 aliphatic heterocycles. The molecule has 0 radical (unpaired) electrons. The highest BCUT2D eigenvalue weighted by Gasteiger charge is 2.27. The number of hydrogen-bond donors (Lipinski definition) is 0. The number of benzene rings is 4. The van der Waals surface area contributed by atoms with Crippen LogP contribution in [-0.4, -0.2) is 34.6 Å². The molecule has 12 nitrogen and oxygen atoms in total. The lowest BCUT2D eigenvalue weighted by molar-refractivity contribution is -0.385. The van der Waals surface area contributed by atoms with Crippen molar-refractivity contribution in [3.05, 3.63) is 137 Å². The van der Waals surface area contributed by atoms with Gasteiger partial charge in [-0.1, -0.05) is 156 Å². The van der Waals surface area contributed by atoms with Gasteiger partial charge >= 0.3 is 0 Å². The summed E-state index contributed by atoms with van der Waals surface area (Å²) in [7, 11) is 0. The van der Waals surface area contributed by atoms with Crippen molar-refractivity contribution in [2.45, 2.75) is 139 Å². The summed E-state index contributed by atoms with van der Waals surface area (Å²) in [5.74, 6) is 23.6. The number of nitrogens with zero attached hydrogens (tertiary/aromatic N) is 3. The lowest BCUT2D eigenvalue weighted by Gasteiger charge is -2.23. The Hall–Kier alpha value is -6.84. The Kier molecular flexibility index (Phi) is 24.2. The zero-order valence-corrected chi connectivity index (χ0v) is 44.0. The van der Waals surface area contributed by atoms with Gasteiger partial charge in [-0.2, -0.15) is 0 Å². The predicted molar refractivity (Wildman–Crippen MR) is 288 cm³/mol. The third-order valence-electron chi connectivity index (χ3n) is 12.6. The molecule has 12 heteroatoms. The number of non-ortho nitro benzene ring substituents is 3. The van der Waals surface area contributed by atoms with Crippen LogP contribution < -0.4 is 14.2 Å². The average molecular weight is 982 g/mol. The molecule has 0 bridgehead atoms. The van der Waals surface area contributed by atoms with E-state index in [2.05, 4.69) is 97.8 Å². The molecule has 0 unspecified atom stereocenters. The molecule has 384 valence electrons. The molecule has 0 aliphatic rings. The van der Waals surface area contributed by atoms with E-state index in [1.807, 2.05) is 0 Å². The molecule has 4 aromatic rings. The van der Waals surface area contributed by atoms with Crippen LogP contribution in [-0.2, 0) is 0 Å². The molecule has 72 heavy (non-hydrogen) atoms. The molecule has 0 aromatic heterocycles. The summed E-state index contributed by atoms with van der Waals surface area (Å²) in [6.07, 6.45) is 12.0. The van der Waals surface area contributed by atoms with E-state index >= 15 is 0 Å². The highest BCUT2D eigenvalue weighted by atomic mass is 16.6. The second-order valence-corrected chi connectivity index (χ2v) is 20.5. The summed E-state index contributed by atoms with van der Waals surface area (Å²) in [5, 5.41) is 34.8. The fourth-order valence-electron chi connectivity index (χ4n) is 8.00. The van der Waals surface area contributed by atoms with Gasteiger partial charge in [0.05, 0.1) is 34.6 Å². The number of rotatable bonds is 27. The summed E-state index contributed by atoms with van der Waals surface area (Å²) in [5.41, 5.74) is 2.43. The molecular weight excluding hydrogens is 907 g/mol. The molecule has 0 heterocycles. The van der Waals surface area contributed by atoms with Gasteiger partial charge in [-0.3, -0.25) is 30.3 Å². The number of hydrogen-bond acceptors (Lipinski definition) is 9. The first kappa shape index (κ1) is 57.7. The normalized spacial score (nSPS) is 12.2. The second kappa shape index (κ2) is 30.1. The minimum atomic E-state index is -0.459. The van der Waals surface area contributed by atoms with Gasteiger partial charge in [0, 0.05) is 53.1 Å². The van der Waals surface area contributed by atoms with Gasteiger partial charge in [0.2, 0.25) is 0 Å². The van der Waals surface area contributed by atoms with Crippen LogP contribution in [0.5, 0.6) is 17.2 Å². The van der Waals surface area contributed by atoms with Gasteiger partial charge in [-0.25, -0.2) is 0 Å². The third-order valence-corrected chi connectivity index (χ3v) is 12.6. The fourth-order valence-corrected chi connectivity index (χ4v) is 8.00. The van der Waals surface area contributed by atoms with Crippen LogP contribution >= 0.6 is 0 Å². The Balaban J connectivity index is 2.08. The van der Waals surface area contributed by atoms with Crippen molar-refractivity contribution in [2.75, 3.05) is 19.8 Å². The molecule has 0 aliphatic carbocycles. The monoisotopic (exact) mass is 982 g/mol.